The van der Waals surface area contributed by atoms with E-state index in [4.69, 9.17) is 14.5 Å². The molecule has 6 heteroatoms. The second-order valence-electron chi connectivity index (χ2n) is 6.23. The molecule has 1 aliphatic carbocycles. The lowest BCUT2D eigenvalue weighted by Crippen LogP contribution is -2.05. The van der Waals surface area contributed by atoms with Crippen molar-refractivity contribution in [3.63, 3.8) is 0 Å². The number of benzene rings is 1. The Bertz CT molecular complexity index is 860. The van der Waals surface area contributed by atoms with Gasteiger partial charge in [-0.25, -0.2) is 9.97 Å². The lowest BCUT2D eigenvalue weighted by Gasteiger charge is -2.09. The Balaban J connectivity index is 1.56. The Hall–Kier alpha value is -2.44. The molecule has 5 nitrogen and oxygen atoms in total. The first-order valence-electron chi connectivity index (χ1n) is 8.73. The summed E-state index contributed by atoms with van der Waals surface area (Å²) in [5.74, 6) is 0.604. The normalized spacial score (nSPS) is 13.6. The lowest BCUT2D eigenvalue weighted by atomic mass is 9.99. The van der Waals surface area contributed by atoms with E-state index in [1.165, 1.54) is 12.8 Å². The van der Waals surface area contributed by atoms with Gasteiger partial charge in [-0.05, 0) is 24.5 Å². The topological polar surface area (TPSA) is 56.3 Å². The number of nitrogens with one attached hydrogen (secondary N) is 1. The Kier molecular flexibility index (Phi) is 5.13. The van der Waals surface area contributed by atoms with E-state index in [9.17, 15) is 0 Å². The lowest BCUT2D eigenvalue weighted by molar-refractivity contribution is 0.144. The molecule has 3 aromatic rings. The van der Waals surface area contributed by atoms with Crippen molar-refractivity contribution in [2.45, 2.75) is 18.9 Å². The van der Waals surface area contributed by atoms with Gasteiger partial charge in [0.05, 0.1) is 12.3 Å². The van der Waals surface area contributed by atoms with Crippen LogP contribution >= 0.6 is 11.3 Å². The summed E-state index contributed by atoms with van der Waals surface area (Å²) >= 11 is 1.66. The zero-order valence-corrected chi connectivity index (χ0v) is 15.5. The molecule has 4 rings (SSSR count). The summed E-state index contributed by atoms with van der Waals surface area (Å²) in [6.07, 6.45) is 4.34. The first kappa shape index (κ1) is 17.0. The van der Waals surface area contributed by atoms with Crippen molar-refractivity contribution >= 4 is 16.5 Å². The summed E-state index contributed by atoms with van der Waals surface area (Å²) in [4.78, 5) is 9.17. The zero-order chi connectivity index (χ0) is 17.8. The molecule has 0 radical (unpaired) electrons. The predicted molar refractivity (Wildman–Crippen MR) is 105 cm³/mol. The number of methoxy groups -OCH3 is 1. The fourth-order valence-corrected chi connectivity index (χ4v) is 3.47. The molecule has 2 heterocycles. The fraction of sp³-hybridized carbons (Fsp3) is 0.300. The van der Waals surface area contributed by atoms with Crippen LogP contribution in [0, 0.1) is 0 Å². The largest absolute Gasteiger partial charge is 0.475 e. The Morgan fingerprint density at radius 1 is 1.12 bits per heavy atom. The standard InChI is InChI=1S/C20H21N3O2S/c1-24-10-11-25-19-9-6-14(12-21-19)16-4-2-3-5-17(16)18-13-26-20(23-18)22-15-7-8-15/h2-6,9,12-13,15H,7-8,10-11H2,1H3,(H,22,23). The van der Waals surface area contributed by atoms with Gasteiger partial charge in [-0.3, -0.25) is 0 Å². The van der Waals surface area contributed by atoms with Crippen LogP contribution < -0.4 is 10.1 Å². The van der Waals surface area contributed by atoms with Crippen molar-refractivity contribution in [1.82, 2.24) is 9.97 Å². The predicted octanol–water partition coefficient (Wildman–Crippen LogP) is 4.47. The highest BCUT2D eigenvalue weighted by molar-refractivity contribution is 7.14. The van der Waals surface area contributed by atoms with Crippen LogP contribution in [-0.2, 0) is 4.74 Å². The van der Waals surface area contributed by atoms with E-state index in [2.05, 4.69) is 27.8 Å². The summed E-state index contributed by atoms with van der Waals surface area (Å²) in [5, 5.41) is 6.57. The van der Waals surface area contributed by atoms with Crippen molar-refractivity contribution in [3.8, 4) is 28.3 Å². The number of ether oxygens (including phenoxy) is 2. The summed E-state index contributed by atoms with van der Waals surface area (Å²) in [5.41, 5.74) is 4.27. The molecule has 0 spiro atoms. The quantitative estimate of drug-likeness (QED) is 0.595. The van der Waals surface area contributed by atoms with Gasteiger partial charge in [0, 0.05) is 41.9 Å². The van der Waals surface area contributed by atoms with Crippen molar-refractivity contribution < 1.29 is 9.47 Å². The number of hydrogen-bond acceptors (Lipinski definition) is 6. The van der Waals surface area contributed by atoms with Gasteiger partial charge in [-0.2, -0.15) is 0 Å². The number of anilines is 1. The molecule has 134 valence electrons. The second-order valence-corrected chi connectivity index (χ2v) is 7.09. The van der Waals surface area contributed by atoms with Gasteiger partial charge in [0.15, 0.2) is 5.13 Å². The fourth-order valence-electron chi connectivity index (χ4n) is 2.68. The average Bonchev–Trinajstić information content (AvgIpc) is 3.37. The van der Waals surface area contributed by atoms with Gasteiger partial charge in [0.2, 0.25) is 5.88 Å². The molecule has 1 aliphatic rings. The SMILES string of the molecule is COCCOc1ccc(-c2ccccc2-c2csc(NC3CC3)n2)cn1. The highest BCUT2D eigenvalue weighted by Crippen LogP contribution is 2.35. The average molecular weight is 367 g/mol. The van der Waals surface area contributed by atoms with Crippen LogP contribution in [0.2, 0.25) is 0 Å². The van der Waals surface area contributed by atoms with E-state index >= 15 is 0 Å². The molecule has 1 saturated carbocycles. The minimum absolute atomic E-state index is 0.495. The van der Waals surface area contributed by atoms with Crippen LogP contribution in [-0.4, -0.2) is 36.3 Å². The van der Waals surface area contributed by atoms with E-state index in [1.54, 1.807) is 18.4 Å². The van der Waals surface area contributed by atoms with Gasteiger partial charge in [-0.15, -0.1) is 11.3 Å². The monoisotopic (exact) mass is 367 g/mol. The van der Waals surface area contributed by atoms with E-state index in [0.29, 0.717) is 25.1 Å². The summed E-state index contributed by atoms with van der Waals surface area (Å²) in [6.45, 7) is 1.04. The molecule has 0 aliphatic heterocycles. The molecule has 0 atom stereocenters. The molecule has 2 aromatic heterocycles. The van der Waals surface area contributed by atoms with Crippen LogP contribution in [0.1, 0.15) is 12.8 Å². The zero-order valence-electron chi connectivity index (χ0n) is 14.6. The minimum Gasteiger partial charge on any atom is -0.475 e. The molecule has 1 aromatic carbocycles. The van der Waals surface area contributed by atoms with Gasteiger partial charge >= 0.3 is 0 Å². The van der Waals surface area contributed by atoms with Gasteiger partial charge in [0.25, 0.3) is 0 Å². The van der Waals surface area contributed by atoms with Crippen molar-refractivity contribution in [2.24, 2.45) is 0 Å². The summed E-state index contributed by atoms with van der Waals surface area (Å²) < 4.78 is 10.5. The van der Waals surface area contributed by atoms with Crippen molar-refractivity contribution in [1.29, 1.82) is 0 Å². The van der Waals surface area contributed by atoms with Gasteiger partial charge < -0.3 is 14.8 Å². The van der Waals surface area contributed by atoms with E-state index in [1.807, 2.05) is 30.5 Å². The molecule has 26 heavy (non-hydrogen) atoms. The first-order chi connectivity index (χ1) is 12.8. The Morgan fingerprint density at radius 3 is 2.69 bits per heavy atom. The summed E-state index contributed by atoms with van der Waals surface area (Å²) in [7, 11) is 1.65. The number of rotatable bonds is 8. The van der Waals surface area contributed by atoms with Crippen LogP contribution in [0.25, 0.3) is 22.4 Å². The number of pyridine rings is 1. The molecule has 0 unspecified atom stereocenters. The minimum atomic E-state index is 0.495. The van der Waals surface area contributed by atoms with Gasteiger partial charge in [-0.1, -0.05) is 24.3 Å². The molecule has 1 fully saturated rings. The maximum absolute atomic E-state index is 5.54. The Labute approximate surface area is 157 Å². The highest BCUT2D eigenvalue weighted by Gasteiger charge is 2.22. The number of thiazole rings is 1. The molecule has 1 N–H and O–H groups in total. The smallest absolute Gasteiger partial charge is 0.213 e. The number of aromatic nitrogens is 2. The third-order valence-electron chi connectivity index (χ3n) is 4.20. The van der Waals surface area contributed by atoms with Crippen molar-refractivity contribution in [3.05, 3.63) is 48.0 Å². The second kappa shape index (κ2) is 7.85. The molecule has 0 bridgehead atoms. The van der Waals surface area contributed by atoms with E-state index < -0.39 is 0 Å². The summed E-state index contributed by atoms with van der Waals surface area (Å²) in [6, 6.07) is 12.8. The molecular formula is C20H21N3O2S. The molecule has 0 saturated heterocycles. The van der Waals surface area contributed by atoms with E-state index in [-0.39, 0.29) is 0 Å². The third-order valence-corrected chi connectivity index (χ3v) is 4.97. The molecular weight excluding hydrogens is 346 g/mol. The van der Waals surface area contributed by atoms with Crippen LogP contribution in [0.5, 0.6) is 5.88 Å². The number of nitrogens with zero attached hydrogens (tertiary/aromatic N) is 2. The first-order valence-corrected chi connectivity index (χ1v) is 9.61. The van der Waals surface area contributed by atoms with Gasteiger partial charge in [0.1, 0.15) is 6.61 Å². The molecule has 0 amide bonds. The maximum Gasteiger partial charge on any atom is 0.213 e. The van der Waals surface area contributed by atoms with Crippen molar-refractivity contribution in [2.75, 3.05) is 25.6 Å². The van der Waals surface area contributed by atoms with Crippen LogP contribution in [0.3, 0.4) is 0 Å². The Morgan fingerprint density at radius 2 is 1.96 bits per heavy atom. The van der Waals surface area contributed by atoms with Crippen LogP contribution in [0.15, 0.2) is 48.0 Å². The third kappa shape index (κ3) is 4.03. The highest BCUT2D eigenvalue weighted by atomic mass is 32.1. The number of hydrogen-bond donors (Lipinski definition) is 1. The maximum atomic E-state index is 5.54. The van der Waals surface area contributed by atoms with E-state index in [0.717, 1.165) is 27.5 Å². The van der Waals surface area contributed by atoms with Crippen LogP contribution in [0.4, 0.5) is 5.13 Å².